The fourth-order valence-corrected chi connectivity index (χ4v) is 2.83. The standard InChI is InChI=1S/C16H16ClN/c17-16-8-4-7-14-13(9-15(14)16)11-18-10-12-5-2-1-3-6-12/h1-8,13,18H,9-11H2. The number of nitrogens with one attached hydrogen (secondary N) is 1. The third-order valence-electron chi connectivity index (χ3n) is 3.61. The average Bonchev–Trinajstić information content (AvgIpc) is 2.38. The molecule has 0 spiro atoms. The van der Waals surface area contributed by atoms with Gasteiger partial charge in [-0.3, -0.25) is 0 Å². The summed E-state index contributed by atoms with van der Waals surface area (Å²) >= 11 is 6.14. The lowest BCUT2D eigenvalue weighted by Crippen LogP contribution is -2.29. The van der Waals surface area contributed by atoms with Gasteiger partial charge in [0, 0.05) is 24.0 Å². The van der Waals surface area contributed by atoms with Crippen LogP contribution in [0.2, 0.25) is 5.02 Å². The van der Waals surface area contributed by atoms with Crippen LogP contribution in [0.5, 0.6) is 0 Å². The second-order valence-electron chi connectivity index (χ2n) is 4.83. The smallest absolute Gasteiger partial charge is 0.0441 e. The van der Waals surface area contributed by atoms with E-state index in [2.05, 4.69) is 35.6 Å². The molecule has 1 atom stereocenters. The highest BCUT2D eigenvalue weighted by Crippen LogP contribution is 2.38. The van der Waals surface area contributed by atoms with Gasteiger partial charge >= 0.3 is 0 Å². The topological polar surface area (TPSA) is 12.0 Å². The van der Waals surface area contributed by atoms with Gasteiger partial charge in [0.25, 0.3) is 0 Å². The largest absolute Gasteiger partial charge is 0.312 e. The van der Waals surface area contributed by atoms with E-state index < -0.39 is 0 Å². The monoisotopic (exact) mass is 257 g/mol. The molecule has 0 bridgehead atoms. The first-order valence-electron chi connectivity index (χ1n) is 6.36. The van der Waals surface area contributed by atoms with Crippen LogP contribution >= 0.6 is 11.6 Å². The van der Waals surface area contributed by atoms with Crippen LogP contribution < -0.4 is 5.32 Å². The first-order chi connectivity index (χ1) is 8.84. The molecule has 0 aromatic heterocycles. The molecular weight excluding hydrogens is 242 g/mol. The predicted molar refractivity (Wildman–Crippen MR) is 76.0 cm³/mol. The van der Waals surface area contributed by atoms with E-state index in [9.17, 15) is 0 Å². The van der Waals surface area contributed by atoms with Crippen molar-refractivity contribution in [2.45, 2.75) is 18.9 Å². The van der Waals surface area contributed by atoms with E-state index >= 15 is 0 Å². The summed E-state index contributed by atoms with van der Waals surface area (Å²) in [5, 5.41) is 4.44. The summed E-state index contributed by atoms with van der Waals surface area (Å²) in [6.07, 6.45) is 1.11. The molecule has 0 amide bonds. The van der Waals surface area contributed by atoms with Gasteiger partial charge in [-0.15, -0.1) is 0 Å². The van der Waals surface area contributed by atoms with Gasteiger partial charge in [-0.05, 0) is 29.2 Å². The number of halogens is 1. The quantitative estimate of drug-likeness (QED) is 0.879. The summed E-state index contributed by atoms with van der Waals surface area (Å²) in [4.78, 5) is 0. The molecule has 0 heterocycles. The van der Waals surface area contributed by atoms with E-state index in [1.165, 1.54) is 16.7 Å². The van der Waals surface area contributed by atoms with Gasteiger partial charge < -0.3 is 5.32 Å². The molecule has 0 saturated heterocycles. The Kier molecular flexibility index (Phi) is 3.35. The van der Waals surface area contributed by atoms with E-state index in [0.717, 1.165) is 24.5 Å². The molecule has 92 valence electrons. The van der Waals surface area contributed by atoms with Crippen LogP contribution in [0.15, 0.2) is 48.5 Å². The molecule has 0 radical (unpaired) electrons. The van der Waals surface area contributed by atoms with Gasteiger partial charge in [0.1, 0.15) is 0 Å². The molecule has 1 N–H and O–H groups in total. The number of benzene rings is 2. The second kappa shape index (κ2) is 5.13. The van der Waals surface area contributed by atoms with Crippen molar-refractivity contribution in [3.63, 3.8) is 0 Å². The van der Waals surface area contributed by atoms with Gasteiger partial charge in [0.15, 0.2) is 0 Å². The van der Waals surface area contributed by atoms with Crippen LogP contribution in [-0.2, 0) is 13.0 Å². The molecule has 1 nitrogen and oxygen atoms in total. The zero-order chi connectivity index (χ0) is 12.4. The Labute approximate surface area is 113 Å². The zero-order valence-electron chi connectivity index (χ0n) is 10.2. The summed E-state index contributed by atoms with van der Waals surface area (Å²) in [5.41, 5.74) is 4.09. The molecule has 3 rings (SSSR count). The molecule has 0 fully saturated rings. The minimum absolute atomic E-state index is 0.627. The highest BCUT2D eigenvalue weighted by atomic mass is 35.5. The van der Waals surface area contributed by atoms with Crippen LogP contribution in [-0.4, -0.2) is 6.54 Å². The molecule has 2 heteroatoms. The van der Waals surface area contributed by atoms with Gasteiger partial charge in [0.05, 0.1) is 0 Å². The summed E-state index contributed by atoms with van der Waals surface area (Å²) in [7, 11) is 0. The van der Waals surface area contributed by atoms with Crippen molar-refractivity contribution >= 4 is 11.6 Å². The van der Waals surface area contributed by atoms with Crippen molar-refractivity contribution in [1.29, 1.82) is 0 Å². The lowest BCUT2D eigenvalue weighted by molar-refractivity contribution is 0.536. The van der Waals surface area contributed by atoms with Gasteiger partial charge in [-0.1, -0.05) is 54.1 Å². The van der Waals surface area contributed by atoms with E-state index in [-0.39, 0.29) is 0 Å². The zero-order valence-corrected chi connectivity index (χ0v) is 11.0. The maximum atomic E-state index is 6.14. The maximum absolute atomic E-state index is 6.14. The molecule has 1 aliphatic carbocycles. The normalized spacial score (nSPS) is 17.1. The summed E-state index contributed by atoms with van der Waals surface area (Å²) in [6.45, 7) is 1.97. The van der Waals surface area contributed by atoms with Gasteiger partial charge in [0.2, 0.25) is 0 Å². The van der Waals surface area contributed by atoms with Crippen LogP contribution in [0.3, 0.4) is 0 Å². The first kappa shape index (κ1) is 11.8. The van der Waals surface area contributed by atoms with Crippen molar-refractivity contribution in [2.24, 2.45) is 0 Å². The fraction of sp³-hybridized carbons (Fsp3) is 0.250. The van der Waals surface area contributed by atoms with Crippen LogP contribution in [0, 0.1) is 0 Å². The highest BCUT2D eigenvalue weighted by molar-refractivity contribution is 6.31. The molecule has 1 unspecified atom stereocenters. The van der Waals surface area contributed by atoms with E-state index in [1.807, 2.05) is 18.2 Å². The SMILES string of the molecule is Clc1cccc2c1CC2CNCc1ccccc1. The van der Waals surface area contributed by atoms with Crippen molar-refractivity contribution < 1.29 is 0 Å². The molecule has 1 aliphatic rings. The first-order valence-corrected chi connectivity index (χ1v) is 6.74. The Morgan fingerprint density at radius 2 is 1.89 bits per heavy atom. The number of hydrogen-bond acceptors (Lipinski definition) is 1. The Morgan fingerprint density at radius 3 is 2.72 bits per heavy atom. The Balaban J connectivity index is 1.54. The third kappa shape index (κ3) is 2.29. The molecule has 2 aromatic carbocycles. The van der Waals surface area contributed by atoms with E-state index in [0.29, 0.717) is 5.92 Å². The van der Waals surface area contributed by atoms with E-state index in [1.54, 1.807) is 0 Å². The molecule has 0 aliphatic heterocycles. The van der Waals surface area contributed by atoms with Crippen LogP contribution in [0.1, 0.15) is 22.6 Å². The Hall–Kier alpha value is -1.31. The minimum Gasteiger partial charge on any atom is -0.312 e. The summed E-state index contributed by atoms with van der Waals surface area (Å²) in [5.74, 6) is 0.627. The summed E-state index contributed by atoms with van der Waals surface area (Å²) in [6, 6.07) is 16.7. The van der Waals surface area contributed by atoms with Gasteiger partial charge in [-0.2, -0.15) is 0 Å². The van der Waals surface area contributed by atoms with Crippen molar-refractivity contribution in [3.05, 3.63) is 70.2 Å². The second-order valence-corrected chi connectivity index (χ2v) is 5.23. The van der Waals surface area contributed by atoms with E-state index in [4.69, 9.17) is 11.6 Å². The Bertz CT molecular complexity index is 536. The fourth-order valence-electron chi connectivity index (χ4n) is 2.57. The van der Waals surface area contributed by atoms with Crippen molar-refractivity contribution in [1.82, 2.24) is 5.32 Å². The molecular formula is C16H16ClN. The number of hydrogen-bond donors (Lipinski definition) is 1. The maximum Gasteiger partial charge on any atom is 0.0441 e. The number of rotatable bonds is 4. The van der Waals surface area contributed by atoms with Crippen molar-refractivity contribution in [2.75, 3.05) is 6.54 Å². The Morgan fingerprint density at radius 1 is 1.06 bits per heavy atom. The molecule has 2 aromatic rings. The lowest BCUT2D eigenvalue weighted by Gasteiger charge is -2.31. The minimum atomic E-state index is 0.627. The predicted octanol–water partition coefficient (Wildman–Crippen LogP) is 3.77. The average molecular weight is 258 g/mol. The third-order valence-corrected chi connectivity index (χ3v) is 3.96. The lowest BCUT2D eigenvalue weighted by atomic mass is 9.77. The van der Waals surface area contributed by atoms with Gasteiger partial charge in [-0.25, -0.2) is 0 Å². The van der Waals surface area contributed by atoms with Crippen LogP contribution in [0.4, 0.5) is 0 Å². The molecule has 0 saturated carbocycles. The number of fused-ring (bicyclic) bond motifs is 1. The van der Waals surface area contributed by atoms with Crippen LogP contribution in [0.25, 0.3) is 0 Å². The summed E-state index contributed by atoms with van der Waals surface area (Å²) < 4.78 is 0. The highest BCUT2D eigenvalue weighted by Gasteiger charge is 2.27. The molecule has 18 heavy (non-hydrogen) atoms. The van der Waals surface area contributed by atoms with Crippen molar-refractivity contribution in [3.8, 4) is 0 Å².